The lowest BCUT2D eigenvalue weighted by Crippen LogP contribution is -2.46. The molecule has 2 aliphatic heterocycles. The molecule has 1 aliphatic carbocycles. The summed E-state index contributed by atoms with van der Waals surface area (Å²) in [4.78, 5) is 15.5. The average Bonchev–Trinajstić information content (AvgIpc) is 3.39. The minimum atomic E-state index is -0.971. The molecule has 3 aliphatic rings. The maximum atomic E-state index is 14.5. The fourth-order valence-electron chi connectivity index (χ4n) is 5.60. The molecule has 1 spiro atoms. The lowest BCUT2D eigenvalue weighted by Gasteiger charge is -2.39. The Morgan fingerprint density at radius 2 is 2.00 bits per heavy atom. The van der Waals surface area contributed by atoms with Gasteiger partial charge >= 0.3 is 0 Å². The van der Waals surface area contributed by atoms with Crippen molar-refractivity contribution in [3.8, 4) is 0 Å². The smallest absolute Gasteiger partial charge is 0.259 e. The van der Waals surface area contributed by atoms with Crippen LogP contribution in [0.1, 0.15) is 68.4 Å². The fourth-order valence-corrected chi connectivity index (χ4v) is 5.60. The van der Waals surface area contributed by atoms with Gasteiger partial charge in [-0.1, -0.05) is 42.0 Å². The number of likely N-dealkylation sites (tertiary alicyclic amines) is 1. The number of rotatable bonds is 2. The van der Waals surface area contributed by atoms with Crippen molar-refractivity contribution >= 4 is 11.7 Å². The van der Waals surface area contributed by atoms with Crippen LogP contribution in [-0.4, -0.2) is 38.8 Å². The van der Waals surface area contributed by atoms with Gasteiger partial charge in [-0.15, -0.1) is 0 Å². The number of hydrogen-bond acceptors (Lipinski definition) is 3. The summed E-state index contributed by atoms with van der Waals surface area (Å²) in [5.41, 5.74) is 2.31. The number of nitrogens with one attached hydrogen (secondary N) is 1. The van der Waals surface area contributed by atoms with E-state index in [1.165, 1.54) is 11.1 Å². The first kappa shape index (κ1) is 19.3. The van der Waals surface area contributed by atoms with E-state index >= 15 is 0 Å². The Hall–Kier alpha value is -2.63. The molecule has 1 amide bonds. The van der Waals surface area contributed by atoms with Crippen molar-refractivity contribution in [1.29, 1.82) is 0 Å². The highest BCUT2D eigenvalue weighted by molar-refractivity contribution is 5.99. The highest BCUT2D eigenvalue weighted by atomic mass is 19.1. The molecule has 1 N–H and O–H groups in total. The zero-order valence-corrected chi connectivity index (χ0v) is 17.9. The molecule has 158 valence electrons. The molecule has 3 heterocycles. The third kappa shape index (κ3) is 2.96. The second-order valence-electron chi connectivity index (χ2n) is 9.82. The van der Waals surface area contributed by atoms with Crippen molar-refractivity contribution in [2.24, 2.45) is 0 Å². The van der Waals surface area contributed by atoms with Crippen molar-refractivity contribution in [3.05, 3.63) is 59.3 Å². The standard InChI is InChI=1S/C24H29FN4O/c1-16-9-10-24(11-16)12-18(25)15-28(24)22(30)19-14-26-29-21(19)27-20(13-23(29,2)3)17-7-5-4-6-8-17/h4-9,14,18,20,27H,10-13,15H2,1-3H3. The third-order valence-electron chi connectivity index (χ3n) is 7.03. The van der Waals surface area contributed by atoms with Crippen LogP contribution in [0.4, 0.5) is 10.2 Å². The number of nitrogens with zero attached hydrogens (tertiary/aromatic N) is 3. The van der Waals surface area contributed by atoms with E-state index in [1.54, 1.807) is 11.1 Å². The number of amides is 1. The molecule has 5 rings (SSSR count). The average molecular weight is 409 g/mol. The van der Waals surface area contributed by atoms with E-state index in [0.717, 1.165) is 25.1 Å². The molecular weight excluding hydrogens is 379 g/mol. The van der Waals surface area contributed by atoms with E-state index < -0.39 is 11.7 Å². The first-order valence-corrected chi connectivity index (χ1v) is 10.8. The largest absolute Gasteiger partial charge is 0.363 e. The lowest BCUT2D eigenvalue weighted by atomic mass is 9.88. The Kier molecular flexibility index (Phi) is 4.31. The number of anilines is 1. The molecule has 1 aromatic carbocycles. The molecule has 0 bridgehead atoms. The van der Waals surface area contributed by atoms with Gasteiger partial charge in [-0.25, -0.2) is 9.07 Å². The van der Waals surface area contributed by atoms with Gasteiger partial charge in [0.25, 0.3) is 5.91 Å². The maximum Gasteiger partial charge on any atom is 0.259 e. The molecule has 30 heavy (non-hydrogen) atoms. The van der Waals surface area contributed by atoms with E-state index in [-0.39, 0.29) is 24.0 Å². The number of benzene rings is 1. The normalized spacial score (nSPS) is 29.6. The highest BCUT2D eigenvalue weighted by Crippen LogP contribution is 2.46. The second kappa shape index (κ2) is 6.69. The van der Waals surface area contributed by atoms with E-state index in [9.17, 15) is 9.18 Å². The van der Waals surface area contributed by atoms with E-state index in [4.69, 9.17) is 0 Å². The van der Waals surface area contributed by atoms with Gasteiger partial charge in [0.05, 0.1) is 29.9 Å². The Balaban J connectivity index is 1.50. The number of carbonyl (C=O) groups excluding carboxylic acids is 1. The Morgan fingerprint density at radius 3 is 2.70 bits per heavy atom. The number of carbonyl (C=O) groups is 1. The molecular formula is C24H29FN4O. The lowest BCUT2D eigenvalue weighted by molar-refractivity contribution is 0.0609. The SMILES string of the molecule is CC1=CCC2(C1)CC(F)CN2C(=O)c1cnn2c1NC(c1ccccc1)CC2(C)C. The first-order chi connectivity index (χ1) is 14.3. The van der Waals surface area contributed by atoms with Crippen LogP contribution in [0.25, 0.3) is 0 Å². The van der Waals surface area contributed by atoms with Gasteiger partial charge in [-0.2, -0.15) is 5.10 Å². The van der Waals surface area contributed by atoms with Crippen LogP contribution in [0.5, 0.6) is 0 Å². The summed E-state index contributed by atoms with van der Waals surface area (Å²) in [7, 11) is 0. The molecule has 3 atom stereocenters. The third-order valence-corrected chi connectivity index (χ3v) is 7.03. The molecule has 1 fully saturated rings. The summed E-state index contributed by atoms with van der Waals surface area (Å²) in [6.45, 7) is 6.52. The number of aromatic nitrogens is 2. The molecule has 0 saturated carbocycles. The van der Waals surface area contributed by atoms with Crippen LogP contribution in [0.15, 0.2) is 48.2 Å². The van der Waals surface area contributed by atoms with Crippen LogP contribution >= 0.6 is 0 Å². The maximum absolute atomic E-state index is 14.5. The molecule has 6 heteroatoms. The second-order valence-corrected chi connectivity index (χ2v) is 9.82. The van der Waals surface area contributed by atoms with Crippen molar-refractivity contribution in [3.63, 3.8) is 0 Å². The van der Waals surface area contributed by atoms with Crippen LogP contribution in [-0.2, 0) is 5.54 Å². The number of fused-ring (bicyclic) bond motifs is 1. The predicted molar refractivity (Wildman–Crippen MR) is 115 cm³/mol. The summed E-state index contributed by atoms with van der Waals surface area (Å²) in [5, 5.41) is 8.15. The minimum absolute atomic E-state index is 0.0915. The van der Waals surface area contributed by atoms with Crippen LogP contribution < -0.4 is 5.32 Å². The molecule has 3 unspecified atom stereocenters. The molecule has 1 aromatic heterocycles. The summed E-state index contributed by atoms with van der Waals surface area (Å²) in [6, 6.07) is 10.4. The van der Waals surface area contributed by atoms with Gasteiger partial charge in [0.1, 0.15) is 17.6 Å². The van der Waals surface area contributed by atoms with Crippen molar-refractivity contribution < 1.29 is 9.18 Å². The predicted octanol–water partition coefficient (Wildman–Crippen LogP) is 4.84. The van der Waals surface area contributed by atoms with Gasteiger partial charge in [0.2, 0.25) is 0 Å². The first-order valence-electron chi connectivity index (χ1n) is 10.8. The van der Waals surface area contributed by atoms with Crippen molar-refractivity contribution in [1.82, 2.24) is 14.7 Å². The Bertz CT molecular complexity index is 1010. The van der Waals surface area contributed by atoms with E-state index in [2.05, 4.69) is 49.4 Å². The summed E-state index contributed by atoms with van der Waals surface area (Å²) >= 11 is 0. The number of alkyl halides is 1. The van der Waals surface area contributed by atoms with Gasteiger partial charge < -0.3 is 10.2 Å². The molecule has 1 saturated heterocycles. The minimum Gasteiger partial charge on any atom is -0.363 e. The highest BCUT2D eigenvalue weighted by Gasteiger charge is 2.50. The fraction of sp³-hybridized carbons (Fsp3) is 0.500. The summed E-state index contributed by atoms with van der Waals surface area (Å²) in [5.74, 6) is 0.627. The molecule has 5 nitrogen and oxygen atoms in total. The quantitative estimate of drug-likeness (QED) is 0.724. The van der Waals surface area contributed by atoms with Crippen molar-refractivity contribution in [2.45, 2.75) is 69.7 Å². The Labute approximate surface area is 176 Å². The van der Waals surface area contributed by atoms with Gasteiger partial charge in [0.15, 0.2) is 0 Å². The Morgan fingerprint density at radius 1 is 1.23 bits per heavy atom. The topological polar surface area (TPSA) is 50.2 Å². The summed E-state index contributed by atoms with van der Waals surface area (Å²) in [6.07, 6.45) is 5.62. The van der Waals surface area contributed by atoms with Gasteiger partial charge in [-0.3, -0.25) is 4.79 Å². The molecule has 0 radical (unpaired) electrons. The van der Waals surface area contributed by atoms with Crippen LogP contribution in [0, 0.1) is 0 Å². The van der Waals surface area contributed by atoms with Gasteiger partial charge in [-0.05, 0) is 45.6 Å². The molecule has 2 aromatic rings. The zero-order valence-electron chi connectivity index (χ0n) is 17.9. The zero-order chi connectivity index (χ0) is 21.1. The van der Waals surface area contributed by atoms with Crippen LogP contribution in [0.2, 0.25) is 0 Å². The van der Waals surface area contributed by atoms with Gasteiger partial charge in [0, 0.05) is 6.42 Å². The number of hydrogen-bond donors (Lipinski definition) is 1. The number of halogens is 1. The monoisotopic (exact) mass is 408 g/mol. The van der Waals surface area contributed by atoms with E-state index in [0.29, 0.717) is 12.0 Å². The van der Waals surface area contributed by atoms with E-state index in [1.807, 2.05) is 22.9 Å². The van der Waals surface area contributed by atoms with Crippen LogP contribution in [0.3, 0.4) is 0 Å². The van der Waals surface area contributed by atoms with Crippen molar-refractivity contribution in [2.75, 3.05) is 11.9 Å². The summed E-state index contributed by atoms with van der Waals surface area (Å²) < 4.78 is 16.4.